The van der Waals surface area contributed by atoms with Crippen molar-refractivity contribution < 1.29 is 8.42 Å². The van der Waals surface area contributed by atoms with Crippen LogP contribution < -0.4 is 9.62 Å². The third-order valence-corrected chi connectivity index (χ3v) is 4.39. The minimum atomic E-state index is -3.17. The van der Waals surface area contributed by atoms with Crippen LogP contribution in [0.2, 0.25) is 5.02 Å². The Morgan fingerprint density at radius 2 is 2.30 bits per heavy atom. The van der Waals surface area contributed by atoms with Crippen molar-refractivity contribution in [1.82, 2.24) is 14.9 Å². The SMILES string of the molecule is CS(=O)(=O)NC1CCN(c2cc(Cl)cc3[nH]ncc23)C1. The van der Waals surface area contributed by atoms with Crippen molar-refractivity contribution >= 4 is 38.2 Å². The van der Waals surface area contributed by atoms with E-state index >= 15 is 0 Å². The van der Waals surface area contributed by atoms with Crippen LogP contribution in [0.5, 0.6) is 0 Å². The summed E-state index contributed by atoms with van der Waals surface area (Å²) in [6.07, 6.45) is 3.72. The average molecular weight is 315 g/mol. The number of fused-ring (bicyclic) bond motifs is 1. The summed E-state index contributed by atoms with van der Waals surface area (Å²) in [6.45, 7) is 1.42. The zero-order valence-electron chi connectivity index (χ0n) is 10.9. The largest absolute Gasteiger partial charge is 0.369 e. The minimum absolute atomic E-state index is 0.0640. The molecule has 1 aromatic carbocycles. The average Bonchev–Trinajstić information content (AvgIpc) is 2.94. The first-order valence-corrected chi connectivity index (χ1v) is 8.54. The van der Waals surface area contributed by atoms with Crippen LogP contribution in [0.3, 0.4) is 0 Å². The molecule has 2 aromatic rings. The summed E-state index contributed by atoms with van der Waals surface area (Å²) in [5, 5.41) is 8.56. The Kier molecular flexibility index (Phi) is 3.35. The number of hydrogen-bond acceptors (Lipinski definition) is 4. The highest BCUT2D eigenvalue weighted by molar-refractivity contribution is 7.88. The van der Waals surface area contributed by atoms with Crippen molar-refractivity contribution in [2.45, 2.75) is 12.5 Å². The number of rotatable bonds is 3. The molecule has 3 rings (SSSR count). The monoisotopic (exact) mass is 314 g/mol. The lowest BCUT2D eigenvalue weighted by molar-refractivity contribution is 0.567. The lowest BCUT2D eigenvalue weighted by atomic mass is 10.2. The summed E-state index contributed by atoms with van der Waals surface area (Å²) in [5.74, 6) is 0. The van der Waals surface area contributed by atoms with Gasteiger partial charge in [-0.25, -0.2) is 13.1 Å². The summed E-state index contributed by atoms with van der Waals surface area (Å²) in [7, 11) is -3.17. The molecule has 8 heteroatoms. The summed E-state index contributed by atoms with van der Waals surface area (Å²) in [5.41, 5.74) is 1.87. The van der Waals surface area contributed by atoms with E-state index in [1.54, 1.807) is 6.20 Å². The molecule has 2 heterocycles. The van der Waals surface area contributed by atoms with Crippen LogP contribution in [0.1, 0.15) is 6.42 Å². The topological polar surface area (TPSA) is 78.1 Å². The Balaban J connectivity index is 1.88. The van der Waals surface area contributed by atoms with Gasteiger partial charge in [0.25, 0.3) is 0 Å². The first-order valence-electron chi connectivity index (χ1n) is 6.27. The number of aromatic nitrogens is 2. The Hall–Kier alpha value is -1.31. The van der Waals surface area contributed by atoms with Gasteiger partial charge in [-0.2, -0.15) is 5.10 Å². The van der Waals surface area contributed by atoms with E-state index in [1.807, 2.05) is 12.1 Å². The van der Waals surface area contributed by atoms with E-state index < -0.39 is 10.0 Å². The molecular weight excluding hydrogens is 300 g/mol. The highest BCUT2D eigenvalue weighted by atomic mass is 35.5. The van der Waals surface area contributed by atoms with Crippen LogP contribution in [0.4, 0.5) is 5.69 Å². The van der Waals surface area contributed by atoms with Gasteiger partial charge in [-0.3, -0.25) is 5.10 Å². The molecule has 1 atom stereocenters. The predicted octanol–water partition coefficient (Wildman–Crippen LogP) is 1.34. The van der Waals surface area contributed by atoms with Gasteiger partial charge in [-0.1, -0.05) is 11.6 Å². The standard InChI is InChI=1S/C12H15ClN4O2S/c1-20(18,19)16-9-2-3-17(7-9)12-5-8(13)4-11-10(12)6-14-15-11/h4-6,9,16H,2-3,7H2,1H3,(H,14,15). The second-order valence-corrected chi connectivity index (χ2v) is 7.29. The first-order chi connectivity index (χ1) is 9.42. The molecule has 1 saturated heterocycles. The zero-order chi connectivity index (χ0) is 14.3. The highest BCUT2D eigenvalue weighted by Gasteiger charge is 2.26. The van der Waals surface area contributed by atoms with E-state index in [0.717, 1.165) is 29.6 Å². The summed E-state index contributed by atoms with van der Waals surface area (Å²) in [6, 6.07) is 3.66. The molecule has 0 spiro atoms. The molecule has 6 nitrogen and oxygen atoms in total. The van der Waals surface area contributed by atoms with Gasteiger partial charge in [0.2, 0.25) is 10.0 Å². The van der Waals surface area contributed by atoms with Gasteiger partial charge in [-0.15, -0.1) is 0 Å². The Morgan fingerprint density at radius 1 is 1.50 bits per heavy atom. The second-order valence-electron chi connectivity index (χ2n) is 5.08. The third kappa shape index (κ3) is 2.74. The number of nitrogens with zero attached hydrogens (tertiary/aromatic N) is 2. The molecule has 1 fully saturated rings. The van der Waals surface area contributed by atoms with Gasteiger partial charge < -0.3 is 4.90 Å². The summed E-state index contributed by atoms with van der Waals surface area (Å²) < 4.78 is 25.2. The zero-order valence-corrected chi connectivity index (χ0v) is 12.5. The van der Waals surface area contributed by atoms with E-state index in [4.69, 9.17) is 11.6 Å². The van der Waals surface area contributed by atoms with Crippen LogP contribution in [0.15, 0.2) is 18.3 Å². The maximum atomic E-state index is 11.3. The fourth-order valence-corrected chi connectivity index (χ4v) is 3.65. The smallest absolute Gasteiger partial charge is 0.209 e. The summed E-state index contributed by atoms with van der Waals surface area (Å²) >= 11 is 6.12. The van der Waals surface area contributed by atoms with Crippen molar-refractivity contribution in [2.24, 2.45) is 0 Å². The molecule has 1 aliphatic heterocycles. The van der Waals surface area contributed by atoms with Gasteiger partial charge in [0.15, 0.2) is 0 Å². The molecular formula is C12H15ClN4O2S. The Bertz CT molecular complexity index is 743. The predicted molar refractivity (Wildman–Crippen MR) is 79.7 cm³/mol. The number of aromatic amines is 1. The molecule has 0 amide bonds. The van der Waals surface area contributed by atoms with Crippen molar-refractivity contribution in [1.29, 1.82) is 0 Å². The van der Waals surface area contributed by atoms with Crippen molar-refractivity contribution in [3.63, 3.8) is 0 Å². The minimum Gasteiger partial charge on any atom is -0.369 e. The van der Waals surface area contributed by atoms with Gasteiger partial charge in [-0.05, 0) is 18.6 Å². The molecule has 108 valence electrons. The first kappa shape index (κ1) is 13.7. The van der Waals surface area contributed by atoms with Crippen molar-refractivity contribution in [3.8, 4) is 0 Å². The molecule has 0 aliphatic carbocycles. The van der Waals surface area contributed by atoms with Gasteiger partial charge in [0.1, 0.15) is 0 Å². The normalized spacial score (nSPS) is 19.9. The van der Waals surface area contributed by atoms with Crippen LogP contribution in [-0.4, -0.2) is 44.0 Å². The van der Waals surface area contributed by atoms with Gasteiger partial charge in [0.05, 0.1) is 18.0 Å². The van der Waals surface area contributed by atoms with E-state index in [1.165, 1.54) is 6.26 Å². The van der Waals surface area contributed by atoms with Crippen molar-refractivity contribution in [2.75, 3.05) is 24.2 Å². The Morgan fingerprint density at radius 3 is 3.05 bits per heavy atom. The van der Waals surface area contributed by atoms with Crippen LogP contribution in [0, 0.1) is 0 Å². The van der Waals surface area contributed by atoms with E-state index in [-0.39, 0.29) is 6.04 Å². The number of sulfonamides is 1. The number of nitrogens with one attached hydrogen (secondary N) is 2. The van der Waals surface area contributed by atoms with E-state index in [0.29, 0.717) is 11.6 Å². The fourth-order valence-electron chi connectivity index (χ4n) is 2.64. The quantitative estimate of drug-likeness (QED) is 0.896. The van der Waals surface area contributed by atoms with Gasteiger partial charge >= 0.3 is 0 Å². The lowest BCUT2D eigenvalue weighted by Gasteiger charge is -2.20. The molecule has 1 aliphatic rings. The van der Waals surface area contributed by atoms with E-state index in [2.05, 4.69) is 19.8 Å². The van der Waals surface area contributed by atoms with Crippen LogP contribution in [0.25, 0.3) is 10.9 Å². The van der Waals surface area contributed by atoms with Crippen molar-refractivity contribution in [3.05, 3.63) is 23.4 Å². The number of anilines is 1. The van der Waals surface area contributed by atoms with Gasteiger partial charge in [0, 0.05) is 35.2 Å². The number of hydrogen-bond donors (Lipinski definition) is 2. The second kappa shape index (κ2) is 4.91. The Labute approximate surface area is 122 Å². The van der Waals surface area contributed by atoms with E-state index in [9.17, 15) is 8.42 Å². The highest BCUT2D eigenvalue weighted by Crippen LogP contribution is 2.31. The lowest BCUT2D eigenvalue weighted by Crippen LogP contribution is -2.36. The fraction of sp³-hybridized carbons (Fsp3) is 0.417. The molecule has 20 heavy (non-hydrogen) atoms. The number of halogens is 1. The maximum Gasteiger partial charge on any atom is 0.209 e. The maximum absolute atomic E-state index is 11.3. The molecule has 0 saturated carbocycles. The summed E-state index contributed by atoms with van der Waals surface area (Å²) in [4.78, 5) is 2.13. The molecule has 1 aromatic heterocycles. The molecule has 0 bridgehead atoms. The molecule has 1 unspecified atom stereocenters. The molecule has 0 radical (unpaired) electrons. The number of benzene rings is 1. The molecule has 2 N–H and O–H groups in total. The van der Waals surface area contributed by atoms with Crippen LogP contribution >= 0.6 is 11.6 Å². The van der Waals surface area contributed by atoms with Crippen LogP contribution in [-0.2, 0) is 10.0 Å². The number of H-pyrrole nitrogens is 1. The third-order valence-electron chi connectivity index (χ3n) is 3.41.